The van der Waals surface area contributed by atoms with Crippen LogP contribution >= 0.6 is 0 Å². The summed E-state index contributed by atoms with van der Waals surface area (Å²) in [5, 5.41) is 22.2. The van der Waals surface area contributed by atoms with Gasteiger partial charge < -0.3 is 10.2 Å². The molecule has 0 heterocycles. The highest BCUT2D eigenvalue weighted by Gasteiger charge is 2.68. The van der Waals surface area contributed by atoms with Crippen LogP contribution in [0.2, 0.25) is 0 Å². The van der Waals surface area contributed by atoms with E-state index in [0.29, 0.717) is 37.7 Å². The van der Waals surface area contributed by atoms with E-state index in [1.165, 1.54) is 5.57 Å². The minimum absolute atomic E-state index is 0.00819. The second-order valence-electron chi connectivity index (χ2n) is 12.0. The maximum atomic E-state index is 15.6. The van der Waals surface area contributed by atoms with Gasteiger partial charge in [0.05, 0.1) is 12.5 Å². The van der Waals surface area contributed by atoms with E-state index in [1.54, 1.807) is 24.3 Å². The molecular weight excluding hydrogens is 431 g/mol. The number of hydrogen-bond donors (Lipinski definition) is 2. The number of alkyl halides is 1. The van der Waals surface area contributed by atoms with Crippen LogP contribution in [-0.4, -0.2) is 39.7 Å². The Kier molecular flexibility index (Phi) is 5.68. The molecule has 0 spiro atoms. The monoisotopic (exact) mass is 468 g/mol. The van der Waals surface area contributed by atoms with E-state index in [0.717, 1.165) is 6.42 Å². The molecule has 4 aliphatic rings. The number of aliphatic hydroxyl groups excluding tert-OH is 1. The Morgan fingerprint density at radius 3 is 2.50 bits per heavy atom. The molecule has 5 rings (SSSR count). The average Bonchev–Trinajstić information content (AvgIpc) is 3.02. The zero-order chi connectivity index (χ0) is 24.5. The Bertz CT molecular complexity index is 1020. The summed E-state index contributed by atoms with van der Waals surface area (Å²) >= 11 is 0. The van der Waals surface area contributed by atoms with Crippen molar-refractivity contribution in [2.24, 2.45) is 34.5 Å². The van der Waals surface area contributed by atoms with Crippen LogP contribution in [0.3, 0.4) is 0 Å². The van der Waals surface area contributed by atoms with Crippen molar-refractivity contribution < 1.29 is 24.2 Å². The van der Waals surface area contributed by atoms with Gasteiger partial charge in [0.2, 0.25) is 0 Å². The second kappa shape index (κ2) is 8.09. The van der Waals surface area contributed by atoms with Crippen molar-refractivity contribution in [3.05, 3.63) is 47.5 Å². The number of Topliss-reactive ketones (excluding diaryl/α,β-unsaturated/α-hetero) is 2. The molecule has 4 nitrogen and oxygen atoms in total. The van der Waals surface area contributed by atoms with Gasteiger partial charge in [-0.05, 0) is 61.7 Å². The maximum Gasteiger partial charge on any atom is 0.172 e. The molecule has 5 heteroatoms. The van der Waals surface area contributed by atoms with Gasteiger partial charge in [0.1, 0.15) is 11.8 Å². The largest absolute Gasteiger partial charge is 0.393 e. The SMILES string of the molecule is CC1C[C@H]2[C@@H]3CC(F)C4CC(O)CC[C@]4(C)C3=CC[C@]2(C)[C@@]1(O)C(=O)CC(=O)c1ccccc1. The van der Waals surface area contributed by atoms with Gasteiger partial charge in [0.25, 0.3) is 0 Å². The van der Waals surface area contributed by atoms with Crippen LogP contribution in [0.15, 0.2) is 42.0 Å². The molecule has 0 radical (unpaired) electrons. The third-order valence-electron chi connectivity index (χ3n) is 10.4. The molecule has 0 aliphatic heterocycles. The first-order valence-corrected chi connectivity index (χ1v) is 12.9. The lowest BCUT2D eigenvalue weighted by molar-refractivity contribution is -0.158. The van der Waals surface area contributed by atoms with E-state index < -0.39 is 29.1 Å². The van der Waals surface area contributed by atoms with Crippen molar-refractivity contribution in [1.82, 2.24) is 0 Å². The van der Waals surface area contributed by atoms with Crippen molar-refractivity contribution in [2.75, 3.05) is 0 Å². The van der Waals surface area contributed by atoms with E-state index >= 15 is 4.39 Å². The van der Waals surface area contributed by atoms with Gasteiger partial charge in [-0.25, -0.2) is 4.39 Å². The molecule has 34 heavy (non-hydrogen) atoms. The maximum absolute atomic E-state index is 15.6. The molecule has 9 atom stereocenters. The first-order valence-electron chi connectivity index (χ1n) is 12.9. The third kappa shape index (κ3) is 3.22. The molecule has 4 aliphatic carbocycles. The Morgan fingerprint density at radius 1 is 1.09 bits per heavy atom. The summed E-state index contributed by atoms with van der Waals surface area (Å²) in [5.74, 6) is -1.18. The number of allylic oxidation sites excluding steroid dienone is 2. The van der Waals surface area contributed by atoms with Crippen LogP contribution in [0.25, 0.3) is 0 Å². The molecule has 0 aromatic heterocycles. The topological polar surface area (TPSA) is 74.6 Å². The molecule has 0 saturated heterocycles. The van der Waals surface area contributed by atoms with E-state index in [4.69, 9.17) is 0 Å². The van der Waals surface area contributed by atoms with Crippen molar-refractivity contribution >= 4 is 11.6 Å². The number of benzene rings is 1. The number of halogens is 1. The summed E-state index contributed by atoms with van der Waals surface area (Å²) in [7, 11) is 0. The van der Waals surface area contributed by atoms with Crippen LogP contribution < -0.4 is 0 Å². The van der Waals surface area contributed by atoms with Crippen LogP contribution in [-0.2, 0) is 4.79 Å². The molecule has 0 bridgehead atoms. The van der Waals surface area contributed by atoms with Gasteiger partial charge in [-0.3, -0.25) is 9.59 Å². The number of rotatable bonds is 4. The lowest BCUT2D eigenvalue weighted by Crippen LogP contribution is -2.58. The van der Waals surface area contributed by atoms with Gasteiger partial charge in [-0.15, -0.1) is 0 Å². The zero-order valence-corrected chi connectivity index (χ0v) is 20.5. The van der Waals surface area contributed by atoms with Crippen LogP contribution in [0.1, 0.15) is 76.1 Å². The number of carbonyl (C=O) groups excluding carboxylic acids is 2. The highest BCUT2D eigenvalue weighted by Crippen LogP contribution is 2.68. The molecule has 1 aromatic carbocycles. The molecule has 184 valence electrons. The Labute approximate surface area is 201 Å². The fourth-order valence-corrected chi connectivity index (χ4v) is 8.45. The molecule has 3 saturated carbocycles. The Balaban J connectivity index is 1.46. The van der Waals surface area contributed by atoms with Gasteiger partial charge in [-0.2, -0.15) is 0 Å². The number of aliphatic hydroxyl groups is 2. The van der Waals surface area contributed by atoms with Crippen molar-refractivity contribution in [2.45, 2.75) is 83.6 Å². The van der Waals surface area contributed by atoms with E-state index in [-0.39, 0.29) is 41.3 Å². The van der Waals surface area contributed by atoms with Crippen LogP contribution in [0.4, 0.5) is 4.39 Å². The van der Waals surface area contributed by atoms with Gasteiger partial charge in [0, 0.05) is 16.9 Å². The number of fused-ring (bicyclic) bond motifs is 5. The summed E-state index contributed by atoms with van der Waals surface area (Å²) in [6.45, 7) is 6.04. The first kappa shape index (κ1) is 23.9. The van der Waals surface area contributed by atoms with E-state index in [1.807, 2.05) is 19.9 Å². The smallest absolute Gasteiger partial charge is 0.172 e. The van der Waals surface area contributed by atoms with Crippen molar-refractivity contribution in [3.8, 4) is 0 Å². The summed E-state index contributed by atoms with van der Waals surface area (Å²) in [6, 6.07) is 8.75. The summed E-state index contributed by atoms with van der Waals surface area (Å²) in [6.07, 6.45) is 3.99. The molecule has 3 fully saturated rings. The quantitative estimate of drug-likeness (QED) is 0.367. The normalized spacial score (nSPS) is 45.5. The molecule has 4 unspecified atom stereocenters. The number of hydrogen-bond acceptors (Lipinski definition) is 4. The minimum Gasteiger partial charge on any atom is -0.393 e. The first-order chi connectivity index (χ1) is 16.0. The molecular formula is C29H37FO4. The second-order valence-corrected chi connectivity index (χ2v) is 12.0. The van der Waals surface area contributed by atoms with Crippen LogP contribution in [0, 0.1) is 34.5 Å². The minimum atomic E-state index is -1.61. The molecule has 0 amide bonds. The van der Waals surface area contributed by atoms with Gasteiger partial charge >= 0.3 is 0 Å². The van der Waals surface area contributed by atoms with Gasteiger partial charge in [-0.1, -0.05) is 62.8 Å². The lowest BCUT2D eigenvalue weighted by Gasteiger charge is -2.58. The fraction of sp³-hybridized carbons (Fsp3) is 0.655. The molecule has 2 N–H and O–H groups in total. The molecule has 1 aromatic rings. The Hall–Kier alpha value is -1.85. The van der Waals surface area contributed by atoms with E-state index in [2.05, 4.69) is 13.0 Å². The summed E-state index contributed by atoms with van der Waals surface area (Å²) < 4.78 is 15.6. The summed E-state index contributed by atoms with van der Waals surface area (Å²) in [4.78, 5) is 26.4. The number of carbonyl (C=O) groups is 2. The van der Waals surface area contributed by atoms with Crippen LogP contribution in [0.5, 0.6) is 0 Å². The van der Waals surface area contributed by atoms with Gasteiger partial charge in [0.15, 0.2) is 11.6 Å². The lowest BCUT2D eigenvalue weighted by atomic mass is 9.47. The third-order valence-corrected chi connectivity index (χ3v) is 10.4. The standard InChI is InChI=1S/C29H37FO4/c1-17-13-22-20-15-24(30)23-14-19(31)9-11-27(23,2)21(20)10-12-28(22,3)29(17,34)26(33)16-25(32)18-7-5-4-6-8-18/h4-8,10,17,19-20,22-24,31,34H,9,11-16H2,1-3H3/t17?,19?,20-,22+,23?,24?,27-,28+,29+/m1/s1. The fourth-order valence-electron chi connectivity index (χ4n) is 8.45. The zero-order valence-electron chi connectivity index (χ0n) is 20.5. The van der Waals surface area contributed by atoms with Crippen molar-refractivity contribution in [1.29, 1.82) is 0 Å². The highest BCUT2D eigenvalue weighted by atomic mass is 19.1. The predicted octanol–water partition coefficient (Wildman–Crippen LogP) is 5.08. The highest BCUT2D eigenvalue weighted by molar-refractivity contribution is 6.10. The van der Waals surface area contributed by atoms with Crippen molar-refractivity contribution in [3.63, 3.8) is 0 Å². The Morgan fingerprint density at radius 2 is 1.79 bits per heavy atom. The predicted molar refractivity (Wildman–Crippen MR) is 128 cm³/mol. The average molecular weight is 469 g/mol. The summed E-state index contributed by atoms with van der Waals surface area (Å²) in [5.41, 5.74) is -0.865. The number of ketones is 2. The van der Waals surface area contributed by atoms with E-state index in [9.17, 15) is 19.8 Å².